The molecule has 0 radical (unpaired) electrons. The lowest BCUT2D eigenvalue weighted by Gasteiger charge is -2.27. The molecule has 0 atom stereocenters. The van der Waals surface area contributed by atoms with E-state index in [9.17, 15) is 4.79 Å². The second-order valence-corrected chi connectivity index (χ2v) is 8.86. The summed E-state index contributed by atoms with van der Waals surface area (Å²) in [6.07, 6.45) is 0. The molecule has 0 amide bonds. The van der Waals surface area contributed by atoms with Gasteiger partial charge in [-0.15, -0.1) is 10.2 Å². The van der Waals surface area contributed by atoms with Crippen LogP contribution in [0.5, 0.6) is 0 Å². The zero-order chi connectivity index (χ0) is 23.5. The highest BCUT2D eigenvalue weighted by molar-refractivity contribution is 7.98. The van der Waals surface area contributed by atoms with E-state index in [0.29, 0.717) is 30.2 Å². The van der Waals surface area contributed by atoms with Crippen molar-refractivity contribution in [3.05, 3.63) is 65.9 Å². The number of benzene rings is 2. The zero-order valence-electron chi connectivity index (χ0n) is 19.1. The predicted octanol–water partition coefficient (Wildman–Crippen LogP) is 3.95. The van der Waals surface area contributed by atoms with Crippen molar-refractivity contribution in [1.29, 1.82) is 0 Å². The number of ether oxygens (including phenoxy) is 2. The number of morpholine rings is 1. The molecule has 0 spiro atoms. The van der Waals surface area contributed by atoms with E-state index in [1.165, 1.54) is 18.9 Å². The van der Waals surface area contributed by atoms with Crippen LogP contribution in [0.1, 0.15) is 16.1 Å². The fourth-order valence-electron chi connectivity index (χ4n) is 4.20. The third kappa shape index (κ3) is 4.24. The minimum Gasteiger partial charge on any atom is -0.465 e. The summed E-state index contributed by atoms with van der Waals surface area (Å²) < 4.78 is 12.6. The van der Waals surface area contributed by atoms with Gasteiger partial charge in [0.15, 0.2) is 5.16 Å². The fraction of sp³-hybridized carbons (Fsp3) is 0.280. The van der Waals surface area contributed by atoms with Gasteiger partial charge in [-0.1, -0.05) is 60.3 Å². The molecule has 2 aromatic carbocycles. The molecule has 0 saturated carbocycles. The number of para-hydroxylation sites is 1. The molecule has 5 rings (SSSR count). The van der Waals surface area contributed by atoms with Crippen LogP contribution in [0.3, 0.4) is 0 Å². The van der Waals surface area contributed by atoms with Gasteiger partial charge in [0, 0.05) is 36.8 Å². The lowest BCUT2D eigenvalue weighted by molar-refractivity contribution is 0.0600. The minimum absolute atomic E-state index is 0.403. The Morgan fingerprint density at radius 3 is 2.56 bits per heavy atom. The number of fused-ring (bicyclic) bond motifs is 1. The van der Waals surface area contributed by atoms with Gasteiger partial charge in [0.2, 0.25) is 5.95 Å². The number of hydrogen-bond acceptors (Lipinski definition) is 8. The smallest absolute Gasteiger partial charge is 0.340 e. The summed E-state index contributed by atoms with van der Waals surface area (Å²) in [6.45, 7) is 2.94. The maximum Gasteiger partial charge on any atom is 0.340 e. The summed E-state index contributed by atoms with van der Waals surface area (Å²) in [5.74, 6) is 0.861. The van der Waals surface area contributed by atoms with Crippen molar-refractivity contribution >= 4 is 34.6 Å². The van der Waals surface area contributed by atoms with Crippen LogP contribution < -0.4 is 4.90 Å². The van der Waals surface area contributed by atoms with Crippen molar-refractivity contribution in [2.24, 2.45) is 7.05 Å². The number of esters is 1. The van der Waals surface area contributed by atoms with E-state index in [1.807, 2.05) is 66.2 Å². The minimum atomic E-state index is -0.403. The monoisotopic (exact) mass is 475 g/mol. The molecular weight excluding hydrogens is 450 g/mol. The molecule has 3 heterocycles. The first-order valence-electron chi connectivity index (χ1n) is 11.1. The van der Waals surface area contributed by atoms with Crippen LogP contribution in [0.15, 0.2) is 59.8 Å². The number of methoxy groups -OCH3 is 1. The largest absolute Gasteiger partial charge is 0.465 e. The summed E-state index contributed by atoms with van der Waals surface area (Å²) in [4.78, 5) is 20.1. The first-order valence-corrected chi connectivity index (χ1v) is 12.1. The Labute approximate surface area is 201 Å². The third-order valence-corrected chi connectivity index (χ3v) is 6.89. The second-order valence-electron chi connectivity index (χ2n) is 7.91. The number of carbonyl (C=O) groups excluding carboxylic acids is 1. The lowest BCUT2D eigenvalue weighted by atomic mass is 9.94. The molecule has 0 unspecified atom stereocenters. The van der Waals surface area contributed by atoms with Gasteiger partial charge in [-0.3, -0.25) is 9.55 Å². The van der Waals surface area contributed by atoms with Crippen molar-refractivity contribution in [2.75, 3.05) is 38.3 Å². The molecule has 1 fully saturated rings. The van der Waals surface area contributed by atoms with Gasteiger partial charge in [-0.25, -0.2) is 4.79 Å². The molecule has 0 bridgehead atoms. The first kappa shape index (κ1) is 22.4. The van der Waals surface area contributed by atoms with Gasteiger partial charge >= 0.3 is 5.97 Å². The Balaban J connectivity index is 1.55. The van der Waals surface area contributed by atoms with E-state index >= 15 is 0 Å². The van der Waals surface area contributed by atoms with E-state index in [0.717, 1.165) is 46.2 Å². The Morgan fingerprint density at radius 2 is 1.79 bits per heavy atom. The highest BCUT2D eigenvalue weighted by Gasteiger charge is 2.24. The Hall–Kier alpha value is -3.43. The van der Waals surface area contributed by atoms with Crippen LogP contribution in [0.4, 0.5) is 5.95 Å². The molecule has 1 saturated heterocycles. The van der Waals surface area contributed by atoms with Gasteiger partial charge in [0.25, 0.3) is 0 Å². The predicted molar refractivity (Wildman–Crippen MR) is 132 cm³/mol. The molecule has 174 valence electrons. The SMILES string of the molecule is COC(=O)c1c(CSc2nnc(N3CCOCC3)n2C)nc2ccccc2c1-c1ccccc1. The summed E-state index contributed by atoms with van der Waals surface area (Å²) >= 11 is 1.50. The molecule has 1 aliphatic heterocycles. The number of pyridine rings is 1. The second kappa shape index (κ2) is 9.82. The van der Waals surface area contributed by atoms with E-state index in [-0.39, 0.29) is 0 Å². The molecule has 9 heteroatoms. The average molecular weight is 476 g/mol. The summed E-state index contributed by atoms with van der Waals surface area (Å²) in [5, 5.41) is 10.5. The molecule has 1 aliphatic rings. The lowest BCUT2D eigenvalue weighted by Crippen LogP contribution is -2.37. The maximum absolute atomic E-state index is 13.0. The highest BCUT2D eigenvalue weighted by atomic mass is 32.2. The van der Waals surface area contributed by atoms with Crippen molar-refractivity contribution in [3.8, 4) is 11.1 Å². The topological polar surface area (TPSA) is 82.4 Å². The standard InChI is InChI=1S/C25H25N5O3S/c1-29-24(30-12-14-33-15-13-30)27-28-25(29)34-16-20-22(23(31)32-2)21(17-8-4-3-5-9-17)18-10-6-7-11-19(18)26-20/h3-11H,12-16H2,1-2H3. The van der Waals surface area contributed by atoms with Crippen LogP contribution in [0.25, 0.3) is 22.0 Å². The van der Waals surface area contributed by atoms with Crippen LogP contribution in [0.2, 0.25) is 0 Å². The van der Waals surface area contributed by atoms with Gasteiger partial charge in [0.1, 0.15) is 0 Å². The van der Waals surface area contributed by atoms with E-state index in [1.54, 1.807) is 0 Å². The van der Waals surface area contributed by atoms with Crippen LogP contribution in [-0.4, -0.2) is 59.1 Å². The molecule has 0 aliphatic carbocycles. The molecule has 34 heavy (non-hydrogen) atoms. The molecule has 2 aromatic heterocycles. The molecule has 0 N–H and O–H groups in total. The average Bonchev–Trinajstić information content (AvgIpc) is 3.27. The number of aromatic nitrogens is 4. The number of anilines is 1. The number of rotatable bonds is 6. The van der Waals surface area contributed by atoms with Gasteiger partial charge in [0.05, 0.1) is 37.1 Å². The fourth-order valence-corrected chi connectivity index (χ4v) is 5.05. The Morgan fingerprint density at radius 1 is 1.06 bits per heavy atom. The normalized spacial score (nSPS) is 13.9. The van der Waals surface area contributed by atoms with Gasteiger partial charge in [-0.2, -0.15) is 0 Å². The third-order valence-electron chi connectivity index (χ3n) is 5.86. The van der Waals surface area contributed by atoms with E-state index in [4.69, 9.17) is 14.5 Å². The van der Waals surface area contributed by atoms with Crippen molar-refractivity contribution in [3.63, 3.8) is 0 Å². The van der Waals surface area contributed by atoms with Crippen molar-refractivity contribution in [1.82, 2.24) is 19.7 Å². The number of nitrogens with zero attached hydrogens (tertiary/aromatic N) is 5. The van der Waals surface area contributed by atoms with Crippen LogP contribution in [-0.2, 0) is 22.3 Å². The number of thioether (sulfide) groups is 1. The van der Waals surface area contributed by atoms with E-state index in [2.05, 4.69) is 15.1 Å². The maximum atomic E-state index is 13.0. The first-order chi connectivity index (χ1) is 16.7. The highest BCUT2D eigenvalue weighted by Crippen LogP contribution is 2.36. The molecule has 4 aromatic rings. The van der Waals surface area contributed by atoms with Crippen molar-refractivity contribution in [2.45, 2.75) is 10.9 Å². The van der Waals surface area contributed by atoms with Crippen LogP contribution >= 0.6 is 11.8 Å². The van der Waals surface area contributed by atoms with E-state index < -0.39 is 5.97 Å². The summed E-state index contributed by atoms with van der Waals surface area (Å²) in [6, 6.07) is 17.8. The van der Waals surface area contributed by atoms with Gasteiger partial charge in [-0.05, 0) is 11.6 Å². The number of carbonyl (C=O) groups is 1. The van der Waals surface area contributed by atoms with Gasteiger partial charge < -0.3 is 14.4 Å². The number of hydrogen-bond donors (Lipinski definition) is 0. The Kier molecular flexibility index (Phi) is 6.46. The summed E-state index contributed by atoms with van der Waals surface area (Å²) in [7, 11) is 3.36. The van der Waals surface area contributed by atoms with Crippen LogP contribution in [0, 0.1) is 0 Å². The van der Waals surface area contributed by atoms with Crippen molar-refractivity contribution < 1.29 is 14.3 Å². The Bertz CT molecular complexity index is 1320. The zero-order valence-corrected chi connectivity index (χ0v) is 19.9. The molecular formula is C25H25N5O3S. The summed E-state index contributed by atoms with van der Waals surface area (Å²) in [5.41, 5.74) is 3.75. The molecule has 8 nitrogen and oxygen atoms in total. The quantitative estimate of drug-likeness (QED) is 0.306.